The number of nitro groups is 1. The molecule has 0 spiro atoms. The Balaban J connectivity index is 2.13. The molecule has 9 heteroatoms. The van der Waals surface area contributed by atoms with Crippen LogP contribution in [0.5, 0.6) is 11.5 Å². The van der Waals surface area contributed by atoms with Gasteiger partial charge in [-0.15, -0.1) is 0 Å². The molecular formula is C16H15N3O6. The number of aromatic hydroxyl groups is 1. The average Bonchev–Trinajstić information content (AvgIpc) is 2.62. The van der Waals surface area contributed by atoms with Crippen LogP contribution in [0.25, 0.3) is 0 Å². The molecule has 1 atom stereocenters. The number of nitro benzene ring substituents is 1. The number of benzene rings is 2. The van der Waals surface area contributed by atoms with E-state index >= 15 is 0 Å². The van der Waals surface area contributed by atoms with Crippen LogP contribution >= 0.6 is 0 Å². The fourth-order valence-electron chi connectivity index (χ4n) is 2.00. The minimum Gasteiger partial charge on any atom is -0.500 e. The van der Waals surface area contributed by atoms with Crippen molar-refractivity contribution in [3.05, 3.63) is 63.7 Å². The van der Waals surface area contributed by atoms with Gasteiger partial charge in [0.05, 0.1) is 18.2 Å². The van der Waals surface area contributed by atoms with Gasteiger partial charge in [-0.25, -0.2) is 5.43 Å². The summed E-state index contributed by atoms with van der Waals surface area (Å²) in [7, 11) is 1.25. The molecule has 0 saturated heterocycles. The number of nitrogens with zero attached hydrogens (tertiary/aromatic N) is 2. The minimum atomic E-state index is -1.40. The van der Waals surface area contributed by atoms with Gasteiger partial charge in [-0.2, -0.15) is 5.10 Å². The van der Waals surface area contributed by atoms with E-state index < -0.39 is 28.4 Å². The molecule has 2 aromatic carbocycles. The molecule has 3 N–H and O–H groups in total. The Morgan fingerprint density at radius 3 is 2.64 bits per heavy atom. The van der Waals surface area contributed by atoms with E-state index in [9.17, 15) is 25.1 Å². The number of carbonyl (C=O) groups is 1. The molecule has 0 aromatic heterocycles. The number of nitrogens with one attached hydrogen (secondary N) is 1. The number of aliphatic hydroxyl groups excluding tert-OH is 1. The molecule has 0 heterocycles. The van der Waals surface area contributed by atoms with E-state index in [1.807, 2.05) is 0 Å². The average molecular weight is 345 g/mol. The van der Waals surface area contributed by atoms with Crippen molar-refractivity contribution >= 4 is 17.8 Å². The first-order chi connectivity index (χ1) is 11.9. The molecule has 25 heavy (non-hydrogen) atoms. The third kappa shape index (κ3) is 4.30. The third-order valence-corrected chi connectivity index (χ3v) is 3.25. The molecule has 2 rings (SSSR count). The van der Waals surface area contributed by atoms with Crippen LogP contribution in [0, 0.1) is 10.1 Å². The summed E-state index contributed by atoms with van der Waals surface area (Å²) in [4.78, 5) is 22.0. The van der Waals surface area contributed by atoms with Crippen LogP contribution in [0.1, 0.15) is 17.2 Å². The minimum absolute atomic E-state index is 0.105. The second-order valence-electron chi connectivity index (χ2n) is 4.90. The molecule has 2 aromatic rings. The number of hydrogen-bond acceptors (Lipinski definition) is 7. The fraction of sp³-hybridized carbons (Fsp3) is 0.125. The van der Waals surface area contributed by atoms with Gasteiger partial charge in [0.15, 0.2) is 11.9 Å². The summed E-state index contributed by atoms with van der Waals surface area (Å²) in [6.45, 7) is 0. The molecule has 0 fully saturated rings. The third-order valence-electron chi connectivity index (χ3n) is 3.25. The van der Waals surface area contributed by atoms with Gasteiger partial charge >= 0.3 is 5.69 Å². The molecule has 0 aliphatic carbocycles. The van der Waals surface area contributed by atoms with Gasteiger partial charge in [0.25, 0.3) is 5.91 Å². The quantitative estimate of drug-likeness (QED) is 0.412. The smallest absolute Gasteiger partial charge is 0.315 e. The molecule has 0 bridgehead atoms. The first-order valence-electron chi connectivity index (χ1n) is 7.05. The SMILES string of the molecule is COc1cc(/C=N\NC(=O)[C@@H](O)c2ccccc2)cc([N+](=O)[O-])c1O. The van der Waals surface area contributed by atoms with E-state index in [0.717, 1.165) is 12.3 Å². The van der Waals surface area contributed by atoms with E-state index in [2.05, 4.69) is 10.5 Å². The second-order valence-corrected chi connectivity index (χ2v) is 4.90. The van der Waals surface area contributed by atoms with Crippen molar-refractivity contribution in [2.24, 2.45) is 5.10 Å². The lowest BCUT2D eigenvalue weighted by Gasteiger charge is -2.08. The van der Waals surface area contributed by atoms with Crippen molar-refractivity contribution in [1.82, 2.24) is 5.43 Å². The first kappa shape index (κ1) is 17.9. The van der Waals surface area contributed by atoms with Crippen molar-refractivity contribution in [2.45, 2.75) is 6.10 Å². The molecule has 0 aliphatic heterocycles. The Kier molecular flexibility index (Phi) is 5.64. The number of ether oxygens (including phenoxy) is 1. The number of phenolic OH excluding ortho intramolecular Hbond substituents is 1. The number of amides is 1. The highest BCUT2D eigenvalue weighted by Gasteiger charge is 2.19. The van der Waals surface area contributed by atoms with Crippen molar-refractivity contribution in [1.29, 1.82) is 0 Å². The summed E-state index contributed by atoms with van der Waals surface area (Å²) in [5.74, 6) is -1.47. The summed E-state index contributed by atoms with van der Waals surface area (Å²) in [5, 5.41) is 34.1. The maximum atomic E-state index is 11.8. The lowest BCUT2D eigenvalue weighted by Crippen LogP contribution is -2.25. The number of carbonyl (C=O) groups excluding carboxylic acids is 1. The fourth-order valence-corrected chi connectivity index (χ4v) is 2.00. The highest BCUT2D eigenvalue weighted by atomic mass is 16.6. The Bertz CT molecular complexity index is 807. The topological polar surface area (TPSA) is 134 Å². The van der Waals surface area contributed by atoms with E-state index in [-0.39, 0.29) is 11.3 Å². The number of phenols is 1. The Labute approximate surface area is 142 Å². The van der Waals surface area contributed by atoms with Crippen LogP contribution in [-0.2, 0) is 4.79 Å². The molecule has 0 radical (unpaired) electrons. The molecule has 0 saturated carbocycles. The van der Waals surface area contributed by atoms with Crippen LogP contribution in [0.2, 0.25) is 0 Å². The van der Waals surface area contributed by atoms with Gasteiger partial charge < -0.3 is 14.9 Å². The number of aliphatic hydroxyl groups is 1. The Morgan fingerprint density at radius 1 is 1.36 bits per heavy atom. The standard InChI is InChI=1S/C16H15N3O6/c1-25-13-8-10(7-12(15(13)21)19(23)24)9-17-18-16(22)14(20)11-5-3-2-4-6-11/h2-9,14,20-21H,1H3,(H,18,22)/b17-9-/t14-/m0/s1. The number of hydrazone groups is 1. The first-order valence-corrected chi connectivity index (χ1v) is 7.05. The van der Waals surface area contributed by atoms with Crippen molar-refractivity contribution in [2.75, 3.05) is 7.11 Å². The summed E-state index contributed by atoms with van der Waals surface area (Å²) in [6.07, 6.45) is -0.271. The van der Waals surface area contributed by atoms with E-state index in [4.69, 9.17) is 4.74 Å². The van der Waals surface area contributed by atoms with Crippen molar-refractivity contribution < 1.29 is 24.7 Å². The largest absolute Gasteiger partial charge is 0.500 e. The zero-order valence-electron chi connectivity index (χ0n) is 13.1. The van der Waals surface area contributed by atoms with Crippen molar-refractivity contribution in [3.8, 4) is 11.5 Å². The molecule has 0 unspecified atom stereocenters. The van der Waals surface area contributed by atoms with Gasteiger partial charge in [0.2, 0.25) is 5.75 Å². The molecule has 130 valence electrons. The summed E-state index contributed by atoms with van der Waals surface area (Å²) in [6, 6.07) is 10.7. The van der Waals surface area contributed by atoms with Crippen LogP contribution in [0.4, 0.5) is 5.69 Å². The number of rotatable bonds is 6. The number of hydrogen-bond donors (Lipinski definition) is 3. The normalized spacial score (nSPS) is 11.9. The Hall–Kier alpha value is -3.46. The van der Waals surface area contributed by atoms with Gasteiger partial charge in [0, 0.05) is 11.6 Å². The molecule has 9 nitrogen and oxygen atoms in total. The summed E-state index contributed by atoms with van der Waals surface area (Å²) < 4.78 is 4.86. The highest BCUT2D eigenvalue weighted by Crippen LogP contribution is 2.36. The Morgan fingerprint density at radius 2 is 2.04 bits per heavy atom. The van der Waals surface area contributed by atoms with E-state index in [1.165, 1.54) is 13.2 Å². The van der Waals surface area contributed by atoms with Gasteiger partial charge in [-0.3, -0.25) is 14.9 Å². The van der Waals surface area contributed by atoms with Gasteiger partial charge in [0.1, 0.15) is 0 Å². The lowest BCUT2D eigenvalue weighted by atomic mass is 10.1. The highest BCUT2D eigenvalue weighted by molar-refractivity contribution is 5.86. The zero-order valence-corrected chi connectivity index (χ0v) is 13.1. The van der Waals surface area contributed by atoms with Crippen molar-refractivity contribution in [3.63, 3.8) is 0 Å². The van der Waals surface area contributed by atoms with E-state index in [1.54, 1.807) is 30.3 Å². The molecule has 1 amide bonds. The van der Waals surface area contributed by atoms with Crippen LogP contribution in [0.3, 0.4) is 0 Å². The van der Waals surface area contributed by atoms with Crippen LogP contribution in [0.15, 0.2) is 47.6 Å². The summed E-state index contributed by atoms with van der Waals surface area (Å²) in [5.41, 5.74) is 2.20. The maximum absolute atomic E-state index is 11.8. The predicted octanol–water partition coefficient (Wildman–Crippen LogP) is 1.49. The lowest BCUT2D eigenvalue weighted by molar-refractivity contribution is -0.386. The molecule has 0 aliphatic rings. The van der Waals surface area contributed by atoms with Gasteiger partial charge in [-0.1, -0.05) is 30.3 Å². The van der Waals surface area contributed by atoms with E-state index in [0.29, 0.717) is 5.56 Å². The number of methoxy groups -OCH3 is 1. The summed E-state index contributed by atoms with van der Waals surface area (Å²) >= 11 is 0. The zero-order chi connectivity index (χ0) is 18.4. The maximum Gasteiger partial charge on any atom is 0.315 e. The molecular weight excluding hydrogens is 330 g/mol. The van der Waals surface area contributed by atoms with Gasteiger partial charge in [-0.05, 0) is 11.6 Å². The second kappa shape index (κ2) is 7.88. The predicted molar refractivity (Wildman–Crippen MR) is 88.5 cm³/mol. The monoisotopic (exact) mass is 345 g/mol. The van der Waals surface area contributed by atoms with Crippen LogP contribution < -0.4 is 10.2 Å². The van der Waals surface area contributed by atoms with Crippen LogP contribution in [-0.4, -0.2) is 34.4 Å².